The fraction of sp³-hybridized carbons (Fsp3) is 0.444. The Labute approximate surface area is 151 Å². The van der Waals surface area contributed by atoms with E-state index >= 15 is 0 Å². The van der Waals surface area contributed by atoms with Gasteiger partial charge in [0.2, 0.25) is 5.91 Å². The first-order valence-corrected chi connectivity index (χ1v) is 10.0. The molecule has 1 saturated carbocycles. The van der Waals surface area contributed by atoms with Gasteiger partial charge in [-0.2, -0.15) is 16.9 Å². The zero-order valence-electron chi connectivity index (χ0n) is 13.4. The van der Waals surface area contributed by atoms with Gasteiger partial charge < -0.3 is 5.32 Å². The van der Waals surface area contributed by atoms with Crippen LogP contribution in [0.4, 0.5) is 5.82 Å². The Morgan fingerprint density at radius 1 is 1.25 bits per heavy atom. The average Bonchev–Trinajstić information content (AvgIpc) is 3.18. The number of fused-ring (bicyclic) bond motifs is 1. The summed E-state index contributed by atoms with van der Waals surface area (Å²) in [7, 11) is 0. The topological polar surface area (TPSA) is 46.9 Å². The molecule has 0 bridgehead atoms. The minimum Gasteiger partial charge on any atom is -0.310 e. The lowest BCUT2D eigenvalue weighted by Crippen LogP contribution is -2.26. The number of carbonyl (C=O) groups is 1. The van der Waals surface area contributed by atoms with E-state index in [4.69, 9.17) is 16.7 Å². The van der Waals surface area contributed by atoms with E-state index in [1.165, 1.54) is 6.42 Å². The summed E-state index contributed by atoms with van der Waals surface area (Å²) in [6.45, 7) is 0. The van der Waals surface area contributed by atoms with Gasteiger partial charge in [0.25, 0.3) is 0 Å². The number of hydrogen-bond acceptors (Lipinski definition) is 3. The lowest BCUT2D eigenvalue weighted by atomic mass is 9.88. The smallest absolute Gasteiger partial charge is 0.228 e. The van der Waals surface area contributed by atoms with Gasteiger partial charge in [0.1, 0.15) is 5.82 Å². The average molecular weight is 362 g/mol. The van der Waals surface area contributed by atoms with Crippen molar-refractivity contribution >= 4 is 35.1 Å². The maximum Gasteiger partial charge on any atom is 0.228 e. The summed E-state index contributed by atoms with van der Waals surface area (Å²) in [6.07, 6.45) is 5.54. The zero-order chi connectivity index (χ0) is 16.5. The van der Waals surface area contributed by atoms with Crippen LogP contribution < -0.4 is 5.32 Å². The van der Waals surface area contributed by atoms with Crippen LogP contribution >= 0.6 is 23.4 Å². The van der Waals surface area contributed by atoms with Crippen molar-refractivity contribution in [2.24, 2.45) is 5.92 Å². The highest BCUT2D eigenvalue weighted by molar-refractivity contribution is 7.98. The molecule has 1 aliphatic heterocycles. The summed E-state index contributed by atoms with van der Waals surface area (Å²) in [5.41, 5.74) is 3.11. The Morgan fingerprint density at radius 2 is 2.08 bits per heavy atom. The predicted octanol–water partition coefficient (Wildman–Crippen LogP) is 4.79. The Kier molecular flexibility index (Phi) is 4.55. The molecular formula is C18H20ClN3OS. The van der Waals surface area contributed by atoms with Crippen LogP contribution in [0.5, 0.6) is 0 Å². The molecule has 0 saturated heterocycles. The summed E-state index contributed by atoms with van der Waals surface area (Å²) < 4.78 is 1.84. The Balaban J connectivity index is 1.67. The molecular weight excluding hydrogens is 342 g/mol. The molecule has 1 amide bonds. The van der Waals surface area contributed by atoms with Crippen molar-refractivity contribution in [2.75, 3.05) is 5.32 Å². The normalized spacial score (nSPS) is 17.7. The molecule has 2 heterocycles. The van der Waals surface area contributed by atoms with Crippen LogP contribution in [0.2, 0.25) is 5.02 Å². The maximum absolute atomic E-state index is 12.7. The number of rotatable bonds is 3. The van der Waals surface area contributed by atoms with Crippen LogP contribution in [0.3, 0.4) is 0 Å². The highest BCUT2D eigenvalue weighted by Crippen LogP contribution is 2.37. The summed E-state index contributed by atoms with van der Waals surface area (Å²) in [4.78, 5) is 12.7. The SMILES string of the molecule is O=C(Nc1c2c(nn1-c1cccc(Cl)c1)CSC2)C1CCCCC1. The third kappa shape index (κ3) is 3.07. The monoisotopic (exact) mass is 361 g/mol. The van der Waals surface area contributed by atoms with Crippen LogP contribution in [-0.2, 0) is 16.3 Å². The van der Waals surface area contributed by atoms with E-state index < -0.39 is 0 Å². The number of thioether (sulfide) groups is 1. The summed E-state index contributed by atoms with van der Waals surface area (Å²) >= 11 is 7.98. The molecule has 2 aromatic rings. The second-order valence-electron chi connectivity index (χ2n) is 6.48. The third-order valence-electron chi connectivity index (χ3n) is 4.82. The Bertz CT molecular complexity index is 768. The standard InChI is InChI=1S/C18H20ClN3OS/c19-13-7-4-8-14(9-13)22-17(15-10-24-11-16(15)21-22)20-18(23)12-5-2-1-3-6-12/h4,7-9,12H,1-3,5-6,10-11H2,(H,20,23). The largest absolute Gasteiger partial charge is 0.310 e. The first kappa shape index (κ1) is 16.0. The van der Waals surface area contributed by atoms with Crippen molar-refractivity contribution in [1.82, 2.24) is 9.78 Å². The molecule has 4 nitrogen and oxygen atoms in total. The first-order valence-electron chi connectivity index (χ1n) is 8.47. The second kappa shape index (κ2) is 6.81. The van der Waals surface area contributed by atoms with E-state index in [-0.39, 0.29) is 11.8 Å². The number of amides is 1. The lowest BCUT2D eigenvalue weighted by molar-refractivity contribution is -0.120. The van der Waals surface area contributed by atoms with E-state index in [0.717, 1.165) is 60.0 Å². The second-order valence-corrected chi connectivity index (χ2v) is 7.90. The van der Waals surface area contributed by atoms with Crippen LogP contribution in [0.25, 0.3) is 5.69 Å². The van der Waals surface area contributed by atoms with Gasteiger partial charge in [-0.1, -0.05) is 36.9 Å². The molecule has 0 unspecified atom stereocenters. The number of nitrogens with one attached hydrogen (secondary N) is 1. The molecule has 1 aliphatic carbocycles. The van der Waals surface area contributed by atoms with Gasteiger partial charge in [0, 0.05) is 28.0 Å². The number of hydrogen-bond donors (Lipinski definition) is 1. The highest BCUT2D eigenvalue weighted by atomic mass is 35.5. The fourth-order valence-corrected chi connectivity index (χ4v) is 4.74. The molecule has 1 N–H and O–H groups in total. The summed E-state index contributed by atoms with van der Waals surface area (Å²) in [5, 5.41) is 8.58. The molecule has 6 heteroatoms. The van der Waals surface area contributed by atoms with E-state index in [2.05, 4.69) is 5.32 Å². The fourth-order valence-electron chi connectivity index (χ4n) is 3.52. The quantitative estimate of drug-likeness (QED) is 0.854. The minimum atomic E-state index is 0.131. The molecule has 2 aliphatic rings. The minimum absolute atomic E-state index is 0.131. The van der Waals surface area contributed by atoms with Crippen LogP contribution in [0, 0.1) is 5.92 Å². The molecule has 4 rings (SSSR count). The number of anilines is 1. The lowest BCUT2D eigenvalue weighted by Gasteiger charge is -2.21. The predicted molar refractivity (Wildman–Crippen MR) is 98.8 cm³/mol. The van der Waals surface area contributed by atoms with Gasteiger partial charge in [0.15, 0.2) is 0 Å². The number of carbonyl (C=O) groups excluding carboxylic acids is 1. The number of benzene rings is 1. The molecule has 1 aromatic heterocycles. The van der Waals surface area contributed by atoms with E-state index in [1.807, 2.05) is 40.7 Å². The van der Waals surface area contributed by atoms with Crippen molar-refractivity contribution in [1.29, 1.82) is 0 Å². The molecule has 24 heavy (non-hydrogen) atoms. The summed E-state index contributed by atoms with van der Waals surface area (Å²) in [5.74, 6) is 2.89. The van der Waals surface area contributed by atoms with Crippen molar-refractivity contribution in [3.63, 3.8) is 0 Å². The Morgan fingerprint density at radius 3 is 2.88 bits per heavy atom. The molecule has 0 spiro atoms. The Hall–Kier alpha value is -1.46. The van der Waals surface area contributed by atoms with Gasteiger partial charge in [0.05, 0.1) is 11.4 Å². The third-order valence-corrected chi connectivity index (χ3v) is 6.03. The van der Waals surface area contributed by atoms with Gasteiger partial charge >= 0.3 is 0 Å². The number of aromatic nitrogens is 2. The van der Waals surface area contributed by atoms with Crippen LogP contribution in [-0.4, -0.2) is 15.7 Å². The van der Waals surface area contributed by atoms with Crippen molar-refractivity contribution in [3.8, 4) is 5.69 Å². The molecule has 0 atom stereocenters. The molecule has 1 fully saturated rings. The van der Waals surface area contributed by atoms with E-state index in [9.17, 15) is 4.79 Å². The molecule has 126 valence electrons. The number of halogens is 1. The molecule has 1 aromatic carbocycles. The van der Waals surface area contributed by atoms with Crippen LogP contribution in [0.15, 0.2) is 24.3 Å². The maximum atomic E-state index is 12.7. The van der Waals surface area contributed by atoms with Gasteiger partial charge in [-0.3, -0.25) is 4.79 Å². The highest BCUT2D eigenvalue weighted by Gasteiger charge is 2.27. The number of nitrogens with zero attached hydrogens (tertiary/aromatic N) is 2. The van der Waals surface area contributed by atoms with E-state index in [1.54, 1.807) is 0 Å². The van der Waals surface area contributed by atoms with Crippen molar-refractivity contribution < 1.29 is 4.79 Å². The first-order chi connectivity index (χ1) is 11.7. The summed E-state index contributed by atoms with van der Waals surface area (Å²) in [6, 6.07) is 7.61. The van der Waals surface area contributed by atoms with Gasteiger partial charge in [-0.05, 0) is 31.0 Å². The van der Waals surface area contributed by atoms with Crippen molar-refractivity contribution in [3.05, 3.63) is 40.5 Å². The van der Waals surface area contributed by atoms with Crippen LogP contribution in [0.1, 0.15) is 43.4 Å². The van der Waals surface area contributed by atoms with E-state index in [0.29, 0.717) is 5.02 Å². The van der Waals surface area contributed by atoms with Gasteiger partial charge in [-0.25, -0.2) is 4.68 Å². The van der Waals surface area contributed by atoms with Gasteiger partial charge in [-0.15, -0.1) is 0 Å². The van der Waals surface area contributed by atoms with Crippen molar-refractivity contribution in [2.45, 2.75) is 43.6 Å². The molecule has 0 radical (unpaired) electrons. The zero-order valence-corrected chi connectivity index (χ0v) is 15.0.